The third-order valence-electron chi connectivity index (χ3n) is 2.72. The molecule has 3 nitrogen and oxygen atoms in total. The molecule has 0 atom stereocenters. The summed E-state index contributed by atoms with van der Waals surface area (Å²) in [6.45, 7) is 0. The van der Waals surface area contributed by atoms with Gasteiger partial charge in [0.2, 0.25) is 0 Å². The molecule has 0 aliphatic heterocycles. The number of hydrogen-bond acceptors (Lipinski definition) is 2. The average Bonchev–Trinajstić information content (AvgIpc) is 2.88. The molecule has 0 bridgehead atoms. The molecule has 1 aromatic carbocycles. The molecule has 0 saturated heterocycles. The van der Waals surface area contributed by atoms with Gasteiger partial charge in [0.1, 0.15) is 11.0 Å². The Hall–Kier alpha value is -2.20. The van der Waals surface area contributed by atoms with Crippen LogP contribution >= 0.6 is 11.6 Å². The van der Waals surface area contributed by atoms with Crippen molar-refractivity contribution in [2.45, 2.75) is 0 Å². The second kappa shape index (κ2) is 4.82. The van der Waals surface area contributed by atoms with E-state index in [0.717, 1.165) is 11.3 Å². The van der Waals surface area contributed by atoms with Gasteiger partial charge in [-0.05, 0) is 36.4 Å². The topological polar surface area (TPSA) is 30.7 Å². The van der Waals surface area contributed by atoms with Crippen LogP contribution in [-0.4, -0.2) is 14.8 Å². The fraction of sp³-hybridized carbons (Fsp3) is 0. The van der Waals surface area contributed by atoms with E-state index in [0.29, 0.717) is 10.8 Å². The van der Waals surface area contributed by atoms with E-state index >= 15 is 0 Å². The number of aromatic nitrogens is 3. The van der Waals surface area contributed by atoms with Gasteiger partial charge in [-0.3, -0.25) is 0 Å². The van der Waals surface area contributed by atoms with Crippen molar-refractivity contribution in [2.24, 2.45) is 0 Å². The highest BCUT2D eigenvalue weighted by Crippen LogP contribution is 2.23. The van der Waals surface area contributed by atoms with Gasteiger partial charge in [-0.1, -0.05) is 17.7 Å². The lowest BCUT2D eigenvalue weighted by molar-refractivity contribution is 0.625. The molecule has 19 heavy (non-hydrogen) atoms. The van der Waals surface area contributed by atoms with Crippen LogP contribution in [0.25, 0.3) is 16.9 Å². The van der Waals surface area contributed by atoms with E-state index in [9.17, 15) is 4.39 Å². The summed E-state index contributed by atoms with van der Waals surface area (Å²) in [5, 5.41) is 4.63. The molecule has 0 spiro atoms. The molecule has 2 aromatic heterocycles. The second-order valence-electron chi connectivity index (χ2n) is 3.98. The minimum atomic E-state index is -0.299. The van der Waals surface area contributed by atoms with E-state index in [4.69, 9.17) is 11.6 Å². The van der Waals surface area contributed by atoms with Crippen LogP contribution in [0.2, 0.25) is 5.15 Å². The zero-order valence-electron chi connectivity index (χ0n) is 9.79. The minimum absolute atomic E-state index is 0.299. The average molecular weight is 274 g/mol. The Balaban J connectivity index is 2.13. The molecular formula is C14H9ClFN3. The van der Waals surface area contributed by atoms with Crippen molar-refractivity contribution in [2.75, 3.05) is 0 Å². The van der Waals surface area contributed by atoms with Gasteiger partial charge in [0.25, 0.3) is 0 Å². The van der Waals surface area contributed by atoms with E-state index < -0.39 is 0 Å². The largest absolute Gasteiger partial charge is 0.245 e. The quantitative estimate of drug-likeness (QED) is 0.666. The number of benzene rings is 1. The summed E-state index contributed by atoms with van der Waals surface area (Å²) in [6, 6.07) is 11.7. The van der Waals surface area contributed by atoms with E-state index in [1.54, 1.807) is 35.3 Å². The first kappa shape index (κ1) is 11.9. The predicted molar refractivity (Wildman–Crippen MR) is 71.8 cm³/mol. The molecule has 0 N–H and O–H groups in total. The van der Waals surface area contributed by atoms with E-state index in [2.05, 4.69) is 10.1 Å². The summed E-state index contributed by atoms with van der Waals surface area (Å²) in [4.78, 5) is 3.94. The van der Waals surface area contributed by atoms with Crippen LogP contribution < -0.4 is 0 Å². The lowest BCUT2D eigenvalue weighted by Crippen LogP contribution is -1.99. The van der Waals surface area contributed by atoms with E-state index in [1.165, 1.54) is 12.1 Å². The highest BCUT2D eigenvalue weighted by molar-refractivity contribution is 6.29. The van der Waals surface area contributed by atoms with Gasteiger partial charge in [0.05, 0.1) is 17.6 Å². The Morgan fingerprint density at radius 2 is 1.95 bits per heavy atom. The van der Waals surface area contributed by atoms with Crippen molar-refractivity contribution < 1.29 is 4.39 Å². The second-order valence-corrected chi connectivity index (χ2v) is 4.36. The van der Waals surface area contributed by atoms with Crippen molar-refractivity contribution in [3.8, 4) is 16.9 Å². The third kappa shape index (κ3) is 2.35. The van der Waals surface area contributed by atoms with Gasteiger partial charge in [0, 0.05) is 11.8 Å². The highest BCUT2D eigenvalue weighted by atomic mass is 35.5. The SMILES string of the molecule is Fc1cccc(-n2nccc2-c2ccnc(Cl)c2)c1. The monoisotopic (exact) mass is 273 g/mol. The van der Waals surface area contributed by atoms with E-state index in [-0.39, 0.29) is 5.82 Å². The molecule has 5 heteroatoms. The Kier molecular flexibility index (Phi) is 3.01. The highest BCUT2D eigenvalue weighted by Gasteiger charge is 2.08. The molecule has 0 aliphatic rings. The smallest absolute Gasteiger partial charge is 0.129 e. The summed E-state index contributed by atoms with van der Waals surface area (Å²) in [7, 11) is 0. The maximum Gasteiger partial charge on any atom is 0.129 e. The summed E-state index contributed by atoms with van der Waals surface area (Å²) >= 11 is 5.88. The molecule has 0 aliphatic carbocycles. The first-order chi connectivity index (χ1) is 9.24. The Bertz CT molecular complexity index is 664. The van der Waals surface area contributed by atoms with Crippen molar-refractivity contribution >= 4 is 11.6 Å². The summed E-state index contributed by atoms with van der Waals surface area (Å²) < 4.78 is 14.9. The fourth-order valence-electron chi connectivity index (χ4n) is 1.90. The molecule has 2 heterocycles. The molecule has 0 saturated carbocycles. The van der Waals surface area contributed by atoms with E-state index in [1.807, 2.05) is 12.1 Å². The lowest BCUT2D eigenvalue weighted by atomic mass is 10.2. The first-order valence-corrected chi connectivity index (χ1v) is 6.04. The Labute approximate surface area is 114 Å². The molecule has 0 radical (unpaired) electrons. The number of rotatable bonds is 2. The van der Waals surface area contributed by atoms with Crippen LogP contribution in [0.3, 0.4) is 0 Å². The number of hydrogen-bond donors (Lipinski definition) is 0. The summed E-state index contributed by atoms with van der Waals surface area (Å²) in [6.07, 6.45) is 3.29. The van der Waals surface area contributed by atoms with Crippen LogP contribution in [0.15, 0.2) is 54.9 Å². The van der Waals surface area contributed by atoms with Gasteiger partial charge >= 0.3 is 0 Å². The molecule has 0 fully saturated rings. The molecule has 3 rings (SSSR count). The molecule has 0 unspecified atom stereocenters. The number of halogens is 2. The molecule has 0 amide bonds. The summed E-state index contributed by atoms with van der Waals surface area (Å²) in [5.74, 6) is -0.299. The van der Waals surface area contributed by atoms with Gasteiger partial charge in [-0.2, -0.15) is 5.10 Å². The predicted octanol–water partition coefficient (Wildman–Crippen LogP) is 3.73. The van der Waals surface area contributed by atoms with Crippen molar-refractivity contribution in [3.05, 3.63) is 65.8 Å². The van der Waals surface area contributed by atoms with Gasteiger partial charge in [0.15, 0.2) is 0 Å². The van der Waals surface area contributed by atoms with Crippen LogP contribution in [0.5, 0.6) is 0 Å². The maximum absolute atomic E-state index is 13.3. The van der Waals surface area contributed by atoms with Crippen LogP contribution in [0.1, 0.15) is 0 Å². The molecule has 94 valence electrons. The van der Waals surface area contributed by atoms with Crippen molar-refractivity contribution in [1.82, 2.24) is 14.8 Å². The third-order valence-corrected chi connectivity index (χ3v) is 2.92. The van der Waals surface area contributed by atoms with Crippen LogP contribution in [0, 0.1) is 5.82 Å². The Morgan fingerprint density at radius 1 is 1.05 bits per heavy atom. The van der Waals surface area contributed by atoms with Crippen molar-refractivity contribution in [3.63, 3.8) is 0 Å². The molecule has 3 aromatic rings. The zero-order chi connectivity index (χ0) is 13.2. The minimum Gasteiger partial charge on any atom is -0.245 e. The fourth-order valence-corrected chi connectivity index (χ4v) is 2.07. The number of nitrogens with zero attached hydrogens (tertiary/aromatic N) is 3. The summed E-state index contributed by atoms with van der Waals surface area (Å²) in [5.41, 5.74) is 2.37. The van der Waals surface area contributed by atoms with Crippen molar-refractivity contribution in [1.29, 1.82) is 0 Å². The maximum atomic E-state index is 13.3. The number of pyridine rings is 1. The van der Waals surface area contributed by atoms with Gasteiger partial charge in [-0.25, -0.2) is 14.1 Å². The standard InChI is InChI=1S/C14H9ClFN3/c15-14-8-10(4-6-17-14)13-5-7-18-19(13)12-3-1-2-11(16)9-12/h1-9H. The zero-order valence-corrected chi connectivity index (χ0v) is 10.5. The van der Waals surface area contributed by atoms with Crippen LogP contribution in [0.4, 0.5) is 4.39 Å². The Morgan fingerprint density at radius 3 is 2.74 bits per heavy atom. The van der Waals surface area contributed by atoms with Gasteiger partial charge < -0.3 is 0 Å². The van der Waals surface area contributed by atoms with Gasteiger partial charge in [-0.15, -0.1) is 0 Å². The van der Waals surface area contributed by atoms with Crippen LogP contribution in [-0.2, 0) is 0 Å². The molecular weight excluding hydrogens is 265 g/mol. The normalized spacial score (nSPS) is 10.6. The first-order valence-electron chi connectivity index (χ1n) is 5.66. The lowest BCUT2D eigenvalue weighted by Gasteiger charge is -2.07.